The lowest BCUT2D eigenvalue weighted by Crippen LogP contribution is -2.20. The number of hydrazone groups is 1. The zero-order chi connectivity index (χ0) is 24.5. The van der Waals surface area contributed by atoms with Gasteiger partial charge in [-0.15, -0.1) is 16.8 Å². The Balaban J connectivity index is 1.65. The summed E-state index contributed by atoms with van der Waals surface area (Å²) < 4.78 is 12.6. The summed E-state index contributed by atoms with van der Waals surface area (Å²) in [5.41, 5.74) is 4.55. The quantitative estimate of drug-likeness (QED) is 0.186. The molecule has 0 bridgehead atoms. The number of carbonyl (C=O) groups excluding carboxylic acids is 1. The first-order valence-corrected chi connectivity index (χ1v) is 11.5. The van der Waals surface area contributed by atoms with Crippen molar-refractivity contribution in [3.05, 3.63) is 60.2 Å². The molecule has 1 amide bonds. The van der Waals surface area contributed by atoms with Crippen LogP contribution >= 0.6 is 11.8 Å². The SMILES string of the molecule is C=CCc1cccc(C=NNC(=O)CSc2nnc(-c3ccc(OC)c(OC)c3)n2CC)c1O. The Morgan fingerprint density at radius 2 is 2.03 bits per heavy atom. The number of phenolic OH excluding ortho intramolecular Hbond substituents is 1. The van der Waals surface area contributed by atoms with Crippen LogP contribution in [0.15, 0.2) is 59.3 Å². The van der Waals surface area contributed by atoms with Crippen LogP contribution < -0.4 is 14.9 Å². The first-order valence-electron chi connectivity index (χ1n) is 10.5. The molecule has 0 aliphatic rings. The Bertz CT molecular complexity index is 1190. The number of methoxy groups -OCH3 is 2. The molecule has 0 spiro atoms. The summed E-state index contributed by atoms with van der Waals surface area (Å²) in [6, 6.07) is 10.9. The largest absolute Gasteiger partial charge is 0.507 e. The van der Waals surface area contributed by atoms with Crippen LogP contribution in [0.1, 0.15) is 18.1 Å². The zero-order valence-corrected chi connectivity index (χ0v) is 20.1. The smallest absolute Gasteiger partial charge is 0.250 e. The van der Waals surface area contributed by atoms with E-state index in [9.17, 15) is 9.90 Å². The van der Waals surface area contributed by atoms with Gasteiger partial charge in [0, 0.05) is 17.7 Å². The number of hydrogen-bond donors (Lipinski definition) is 2. The molecule has 0 radical (unpaired) electrons. The highest BCUT2D eigenvalue weighted by Gasteiger charge is 2.16. The van der Waals surface area contributed by atoms with E-state index in [0.717, 1.165) is 11.1 Å². The topological polar surface area (TPSA) is 111 Å². The second-order valence-corrected chi connectivity index (χ2v) is 7.99. The molecule has 0 fully saturated rings. The number of ether oxygens (including phenoxy) is 2. The van der Waals surface area contributed by atoms with Gasteiger partial charge in [0.15, 0.2) is 22.5 Å². The number of phenols is 1. The molecule has 34 heavy (non-hydrogen) atoms. The van der Waals surface area contributed by atoms with Crippen molar-refractivity contribution in [2.24, 2.45) is 5.10 Å². The number of allylic oxidation sites excluding steroid dienone is 1. The van der Waals surface area contributed by atoms with Crippen molar-refractivity contribution < 1.29 is 19.4 Å². The Morgan fingerprint density at radius 3 is 2.74 bits per heavy atom. The van der Waals surface area contributed by atoms with Gasteiger partial charge in [-0.3, -0.25) is 4.79 Å². The number of hydrogen-bond acceptors (Lipinski definition) is 8. The molecule has 1 heterocycles. The fourth-order valence-corrected chi connectivity index (χ4v) is 4.04. The summed E-state index contributed by atoms with van der Waals surface area (Å²) >= 11 is 1.26. The molecule has 178 valence electrons. The Kier molecular flexibility index (Phi) is 8.69. The number of thioether (sulfide) groups is 1. The summed E-state index contributed by atoms with van der Waals surface area (Å²) in [5.74, 6) is 1.80. The summed E-state index contributed by atoms with van der Waals surface area (Å²) in [7, 11) is 3.16. The Hall–Kier alpha value is -3.79. The third-order valence-electron chi connectivity index (χ3n) is 4.92. The highest BCUT2D eigenvalue weighted by atomic mass is 32.2. The molecule has 0 aliphatic carbocycles. The molecular formula is C24H27N5O4S. The first kappa shape index (κ1) is 24.8. The number of carbonyl (C=O) groups is 1. The van der Waals surface area contributed by atoms with Crippen LogP contribution in [0.25, 0.3) is 11.4 Å². The number of benzene rings is 2. The van der Waals surface area contributed by atoms with E-state index in [2.05, 4.69) is 27.3 Å². The van der Waals surface area contributed by atoms with Crippen LogP contribution in [0.3, 0.4) is 0 Å². The van der Waals surface area contributed by atoms with Gasteiger partial charge in [-0.2, -0.15) is 5.10 Å². The number of para-hydroxylation sites is 1. The second kappa shape index (κ2) is 11.9. The number of nitrogens with zero attached hydrogens (tertiary/aromatic N) is 4. The predicted octanol–water partition coefficient (Wildman–Crippen LogP) is 3.66. The van der Waals surface area contributed by atoms with Gasteiger partial charge in [0.2, 0.25) is 0 Å². The molecule has 1 aromatic heterocycles. The van der Waals surface area contributed by atoms with Crippen molar-refractivity contribution >= 4 is 23.9 Å². The Morgan fingerprint density at radius 1 is 1.24 bits per heavy atom. The van der Waals surface area contributed by atoms with Crippen LogP contribution in [0.4, 0.5) is 0 Å². The third-order valence-corrected chi connectivity index (χ3v) is 5.88. The van der Waals surface area contributed by atoms with Crippen LogP contribution in [-0.2, 0) is 17.8 Å². The molecular weight excluding hydrogens is 454 g/mol. The molecule has 0 atom stereocenters. The monoisotopic (exact) mass is 481 g/mol. The number of nitrogens with one attached hydrogen (secondary N) is 1. The lowest BCUT2D eigenvalue weighted by atomic mass is 10.1. The summed E-state index contributed by atoms with van der Waals surface area (Å²) in [4.78, 5) is 12.3. The van der Waals surface area contributed by atoms with Crippen molar-refractivity contribution in [1.29, 1.82) is 0 Å². The number of amides is 1. The number of aromatic nitrogens is 3. The highest BCUT2D eigenvalue weighted by Crippen LogP contribution is 2.32. The van der Waals surface area contributed by atoms with Crippen LogP contribution in [0.2, 0.25) is 0 Å². The van der Waals surface area contributed by atoms with Gasteiger partial charge in [0.1, 0.15) is 5.75 Å². The normalized spacial score (nSPS) is 10.9. The molecule has 3 aromatic rings. The maximum atomic E-state index is 12.3. The molecule has 2 aromatic carbocycles. The minimum absolute atomic E-state index is 0.101. The van der Waals surface area contributed by atoms with Gasteiger partial charge in [0.05, 0.1) is 26.2 Å². The second-order valence-electron chi connectivity index (χ2n) is 7.05. The molecule has 2 N–H and O–H groups in total. The van der Waals surface area contributed by atoms with E-state index in [4.69, 9.17) is 9.47 Å². The van der Waals surface area contributed by atoms with E-state index in [1.165, 1.54) is 18.0 Å². The fraction of sp³-hybridized carbons (Fsp3) is 0.250. The van der Waals surface area contributed by atoms with Gasteiger partial charge in [-0.25, -0.2) is 5.43 Å². The van der Waals surface area contributed by atoms with Crippen LogP contribution in [0.5, 0.6) is 17.2 Å². The Labute approximate surface area is 202 Å². The average molecular weight is 482 g/mol. The van der Waals surface area contributed by atoms with Gasteiger partial charge < -0.3 is 19.1 Å². The van der Waals surface area contributed by atoms with Crippen molar-refractivity contribution in [2.75, 3.05) is 20.0 Å². The van der Waals surface area contributed by atoms with Crippen molar-refractivity contribution in [3.63, 3.8) is 0 Å². The van der Waals surface area contributed by atoms with Crippen LogP contribution in [0, 0.1) is 0 Å². The molecule has 3 rings (SSSR count). The lowest BCUT2D eigenvalue weighted by molar-refractivity contribution is -0.118. The summed E-state index contributed by atoms with van der Waals surface area (Å²) in [6.45, 7) is 6.28. The molecule has 0 saturated heterocycles. The zero-order valence-electron chi connectivity index (χ0n) is 19.3. The van der Waals surface area contributed by atoms with E-state index in [0.29, 0.717) is 41.0 Å². The maximum Gasteiger partial charge on any atom is 0.250 e. The molecule has 9 nitrogen and oxygen atoms in total. The maximum absolute atomic E-state index is 12.3. The van der Waals surface area contributed by atoms with E-state index >= 15 is 0 Å². The van der Waals surface area contributed by atoms with E-state index in [-0.39, 0.29) is 17.4 Å². The summed E-state index contributed by atoms with van der Waals surface area (Å²) in [5, 5.41) is 23.4. The molecule has 0 saturated carbocycles. The number of rotatable bonds is 11. The first-order chi connectivity index (χ1) is 16.5. The van der Waals surface area contributed by atoms with E-state index in [1.807, 2.05) is 41.8 Å². The molecule has 0 aliphatic heterocycles. The van der Waals surface area contributed by atoms with Crippen molar-refractivity contribution in [2.45, 2.75) is 25.0 Å². The van der Waals surface area contributed by atoms with Gasteiger partial charge >= 0.3 is 0 Å². The minimum atomic E-state index is -0.304. The minimum Gasteiger partial charge on any atom is -0.507 e. The highest BCUT2D eigenvalue weighted by molar-refractivity contribution is 7.99. The van der Waals surface area contributed by atoms with Gasteiger partial charge in [-0.1, -0.05) is 30.0 Å². The average Bonchev–Trinajstić information content (AvgIpc) is 3.27. The number of aromatic hydroxyl groups is 1. The van der Waals surface area contributed by atoms with Gasteiger partial charge in [-0.05, 0) is 43.2 Å². The standard InChI is InChI=1S/C24H27N5O4S/c1-5-8-16-9-7-10-18(22(16)31)14-25-26-21(30)15-34-24-28-27-23(29(24)6-2)17-11-12-19(32-3)20(13-17)33-4/h5,7,9-14,31H,1,6,8,15H2,2-4H3,(H,26,30). The predicted molar refractivity (Wildman–Crippen MR) is 133 cm³/mol. The molecule has 0 unspecified atom stereocenters. The lowest BCUT2D eigenvalue weighted by Gasteiger charge is -2.10. The summed E-state index contributed by atoms with van der Waals surface area (Å²) in [6.07, 6.45) is 3.66. The van der Waals surface area contributed by atoms with Crippen molar-refractivity contribution in [3.8, 4) is 28.6 Å². The van der Waals surface area contributed by atoms with Crippen LogP contribution in [-0.4, -0.2) is 52.0 Å². The van der Waals surface area contributed by atoms with E-state index < -0.39 is 0 Å². The third kappa shape index (κ3) is 5.76. The fourth-order valence-electron chi connectivity index (χ4n) is 3.24. The van der Waals surface area contributed by atoms with Gasteiger partial charge in [0.25, 0.3) is 5.91 Å². The van der Waals surface area contributed by atoms with E-state index in [1.54, 1.807) is 26.4 Å². The molecule has 10 heteroatoms. The van der Waals surface area contributed by atoms with Crippen molar-refractivity contribution in [1.82, 2.24) is 20.2 Å².